The fourth-order valence-electron chi connectivity index (χ4n) is 2.83. The summed E-state index contributed by atoms with van der Waals surface area (Å²) < 4.78 is 5.61. The molecule has 0 radical (unpaired) electrons. The number of hydrogen-bond acceptors (Lipinski definition) is 3. The SMILES string of the molecule is Cl.N=C(N)N1CCC2(CC1)OC(=O)c1ccccc12. The summed E-state index contributed by atoms with van der Waals surface area (Å²) >= 11 is 0. The minimum atomic E-state index is -0.500. The second-order valence-electron chi connectivity index (χ2n) is 4.80. The fourth-order valence-corrected chi connectivity index (χ4v) is 2.83. The lowest BCUT2D eigenvalue weighted by molar-refractivity contribution is -0.0346. The maximum atomic E-state index is 11.9. The summed E-state index contributed by atoms with van der Waals surface area (Å²) in [6.07, 6.45) is 1.38. The van der Waals surface area contributed by atoms with Gasteiger partial charge in [0.1, 0.15) is 5.60 Å². The van der Waals surface area contributed by atoms with E-state index in [9.17, 15) is 4.79 Å². The lowest BCUT2D eigenvalue weighted by Crippen LogP contribution is -2.47. The van der Waals surface area contributed by atoms with Crippen LogP contribution in [0.25, 0.3) is 0 Å². The van der Waals surface area contributed by atoms with Crippen LogP contribution in [0, 0.1) is 5.41 Å². The summed E-state index contributed by atoms with van der Waals surface area (Å²) in [6.45, 7) is 1.30. The molecular formula is C13H16ClN3O2. The number of piperidine rings is 1. The lowest BCUT2D eigenvalue weighted by atomic mass is 9.84. The smallest absolute Gasteiger partial charge is 0.339 e. The molecule has 19 heavy (non-hydrogen) atoms. The Morgan fingerprint density at radius 2 is 1.95 bits per heavy atom. The van der Waals surface area contributed by atoms with Crippen LogP contribution in [-0.2, 0) is 10.3 Å². The summed E-state index contributed by atoms with van der Waals surface area (Å²) in [5.74, 6) is -0.149. The second kappa shape index (κ2) is 4.74. The molecule has 1 aromatic rings. The first kappa shape index (κ1) is 13.7. The third-order valence-corrected chi connectivity index (χ3v) is 3.84. The van der Waals surface area contributed by atoms with Crippen LogP contribution >= 0.6 is 12.4 Å². The molecule has 1 fully saturated rings. The van der Waals surface area contributed by atoms with Gasteiger partial charge in [0.05, 0.1) is 5.56 Å². The summed E-state index contributed by atoms with van der Waals surface area (Å²) in [7, 11) is 0. The topological polar surface area (TPSA) is 79.4 Å². The maximum absolute atomic E-state index is 11.9. The van der Waals surface area contributed by atoms with Crippen molar-refractivity contribution in [1.29, 1.82) is 5.41 Å². The molecule has 0 aromatic heterocycles. The van der Waals surface area contributed by atoms with Crippen molar-refractivity contribution in [2.75, 3.05) is 13.1 Å². The Kier molecular flexibility index (Phi) is 3.41. The molecule has 0 amide bonds. The summed E-state index contributed by atoms with van der Waals surface area (Å²) in [5.41, 5.74) is 6.64. The molecular weight excluding hydrogens is 266 g/mol. The van der Waals surface area contributed by atoms with Crippen molar-refractivity contribution in [2.24, 2.45) is 5.73 Å². The summed E-state index contributed by atoms with van der Waals surface area (Å²) in [4.78, 5) is 13.7. The number of carbonyl (C=O) groups is 1. The number of likely N-dealkylation sites (tertiary alicyclic amines) is 1. The van der Waals surface area contributed by atoms with Gasteiger partial charge in [0, 0.05) is 31.5 Å². The van der Waals surface area contributed by atoms with Gasteiger partial charge >= 0.3 is 5.97 Å². The minimum absolute atomic E-state index is 0. The van der Waals surface area contributed by atoms with E-state index in [-0.39, 0.29) is 24.3 Å². The van der Waals surface area contributed by atoms with E-state index in [1.165, 1.54) is 0 Å². The molecule has 2 aliphatic heterocycles. The molecule has 2 aliphatic rings. The normalized spacial score (nSPS) is 19.6. The molecule has 0 bridgehead atoms. The van der Waals surface area contributed by atoms with Crippen LogP contribution in [0.4, 0.5) is 0 Å². The van der Waals surface area contributed by atoms with E-state index in [1.54, 1.807) is 4.90 Å². The number of halogens is 1. The van der Waals surface area contributed by atoms with Crippen molar-refractivity contribution in [2.45, 2.75) is 18.4 Å². The van der Waals surface area contributed by atoms with E-state index >= 15 is 0 Å². The third kappa shape index (κ3) is 2.04. The fraction of sp³-hybridized carbons (Fsp3) is 0.385. The Bertz CT molecular complexity index is 524. The van der Waals surface area contributed by atoms with Gasteiger partial charge in [0.15, 0.2) is 5.96 Å². The van der Waals surface area contributed by atoms with Gasteiger partial charge < -0.3 is 15.4 Å². The van der Waals surface area contributed by atoms with Gasteiger partial charge in [-0.25, -0.2) is 4.79 Å². The van der Waals surface area contributed by atoms with E-state index < -0.39 is 5.60 Å². The largest absolute Gasteiger partial charge is 0.450 e. The highest BCUT2D eigenvalue weighted by atomic mass is 35.5. The highest BCUT2D eigenvalue weighted by Gasteiger charge is 2.47. The average Bonchev–Trinajstić information content (AvgIpc) is 2.64. The molecule has 0 saturated carbocycles. The Labute approximate surface area is 117 Å². The molecule has 0 aliphatic carbocycles. The summed E-state index contributed by atoms with van der Waals surface area (Å²) in [5, 5.41) is 7.43. The van der Waals surface area contributed by atoms with Crippen LogP contribution in [0.2, 0.25) is 0 Å². The Balaban J connectivity index is 0.00000133. The molecule has 2 heterocycles. The van der Waals surface area contributed by atoms with Crippen molar-refractivity contribution < 1.29 is 9.53 Å². The van der Waals surface area contributed by atoms with E-state index in [2.05, 4.69) is 0 Å². The Morgan fingerprint density at radius 3 is 2.58 bits per heavy atom. The molecule has 1 saturated heterocycles. The van der Waals surface area contributed by atoms with E-state index in [4.69, 9.17) is 15.9 Å². The molecule has 102 valence electrons. The van der Waals surface area contributed by atoms with Gasteiger partial charge in [-0.15, -0.1) is 12.4 Å². The molecule has 1 aromatic carbocycles. The molecule has 3 N–H and O–H groups in total. The number of carbonyl (C=O) groups excluding carboxylic acids is 1. The van der Waals surface area contributed by atoms with Gasteiger partial charge in [0.2, 0.25) is 0 Å². The molecule has 0 atom stereocenters. The highest BCUT2D eigenvalue weighted by Crippen LogP contribution is 2.43. The summed E-state index contributed by atoms with van der Waals surface area (Å²) in [6, 6.07) is 7.55. The number of benzene rings is 1. The molecule has 0 unspecified atom stereocenters. The van der Waals surface area contributed by atoms with Crippen LogP contribution in [0.1, 0.15) is 28.8 Å². The number of nitrogens with two attached hydrogens (primary N) is 1. The molecule has 1 spiro atoms. The van der Waals surface area contributed by atoms with Crippen molar-refractivity contribution in [3.63, 3.8) is 0 Å². The van der Waals surface area contributed by atoms with Gasteiger partial charge in [-0.05, 0) is 6.07 Å². The third-order valence-electron chi connectivity index (χ3n) is 3.84. The minimum Gasteiger partial charge on any atom is -0.450 e. The predicted octanol–water partition coefficient (Wildman–Crippen LogP) is 1.46. The number of guanidine groups is 1. The highest BCUT2D eigenvalue weighted by molar-refractivity contribution is 5.94. The first-order valence-corrected chi connectivity index (χ1v) is 6.04. The zero-order valence-corrected chi connectivity index (χ0v) is 11.2. The number of nitrogens with one attached hydrogen (secondary N) is 1. The number of nitrogens with zero attached hydrogens (tertiary/aromatic N) is 1. The predicted molar refractivity (Wildman–Crippen MR) is 73.5 cm³/mol. The van der Waals surface area contributed by atoms with Gasteiger partial charge in [-0.1, -0.05) is 18.2 Å². The van der Waals surface area contributed by atoms with Gasteiger partial charge in [-0.2, -0.15) is 0 Å². The average molecular weight is 282 g/mol. The van der Waals surface area contributed by atoms with E-state index in [1.807, 2.05) is 24.3 Å². The lowest BCUT2D eigenvalue weighted by Gasteiger charge is -2.38. The van der Waals surface area contributed by atoms with Gasteiger partial charge in [-0.3, -0.25) is 5.41 Å². The van der Waals surface area contributed by atoms with Crippen LogP contribution in [0.5, 0.6) is 0 Å². The quantitative estimate of drug-likeness (QED) is 0.429. The number of esters is 1. The number of fused-ring (bicyclic) bond motifs is 2. The Hall–Kier alpha value is -1.75. The van der Waals surface area contributed by atoms with Crippen LogP contribution in [0.3, 0.4) is 0 Å². The molecule has 6 heteroatoms. The first-order chi connectivity index (χ1) is 8.62. The van der Waals surface area contributed by atoms with Crippen LogP contribution in [-0.4, -0.2) is 29.9 Å². The Morgan fingerprint density at radius 1 is 1.32 bits per heavy atom. The zero-order chi connectivity index (χ0) is 12.8. The molecule has 5 nitrogen and oxygen atoms in total. The van der Waals surface area contributed by atoms with Crippen molar-refractivity contribution in [3.8, 4) is 0 Å². The number of ether oxygens (including phenoxy) is 1. The van der Waals surface area contributed by atoms with Crippen molar-refractivity contribution in [3.05, 3.63) is 35.4 Å². The second-order valence-corrected chi connectivity index (χ2v) is 4.80. The van der Waals surface area contributed by atoms with E-state index in [0.29, 0.717) is 31.5 Å². The van der Waals surface area contributed by atoms with Crippen molar-refractivity contribution >= 4 is 24.3 Å². The zero-order valence-electron chi connectivity index (χ0n) is 10.4. The standard InChI is InChI=1S/C13H15N3O2.ClH/c14-12(15)16-7-5-13(6-8-16)10-4-2-1-3-9(10)11(17)18-13;/h1-4H,5-8H2,(H3,14,15);1H. The van der Waals surface area contributed by atoms with Crippen LogP contribution in [0.15, 0.2) is 24.3 Å². The van der Waals surface area contributed by atoms with E-state index in [0.717, 1.165) is 5.56 Å². The monoisotopic (exact) mass is 281 g/mol. The van der Waals surface area contributed by atoms with Crippen LogP contribution < -0.4 is 5.73 Å². The van der Waals surface area contributed by atoms with Gasteiger partial charge in [0.25, 0.3) is 0 Å². The number of rotatable bonds is 0. The maximum Gasteiger partial charge on any atom is 0.339 e. The van der Waals surface area contributed by atoms with Crippen molar-refractivity contribution in [1.82, 2.24) is 4.90 Å². The first-order valence-electron chi connectivity index (χ1n) is 6.04. The molecule has 3 rings (SSSR count). The number of hydrogen-bond donors (Lipinski definition) is 2.